The largest absolute Gasteiger partial charge is 0.399 e. The van der Waals surface area contributed by atoms with E-state index in [0.717, 1.165) is 11.6 Å². The lowest BCUT2D eigenvalue weighted by Gasteiger charge is -2.36. The molecule has 1 fully saturated rings. The molecule has 0 spiro atoms. The topological polar surface area (TPSA) is 29.3 Å². The number of nitrogens with zero attached hydrogens (tertiary/aromatic N) is 1. The summed E-state index contributed by atoms with van der Waals surface area (Å²) >= 11 is 0. The second kappa shape index (κ2) is 3.38. The molecule has 2 rings (SSSR count). The number of rotatable bonds is 2. The van der Waals surface area contributed by atoms with Gasteiger partial charge < -0.3 is 10.6 Å². The minimum atomic E-state index is 0.855. The average Bonchev–Trinajstić information content (AvgIpc) is 2.06. The van der Waals surface area contributed by atoms with Crippen LogP contribution in [0, 0.1) is 5.92 Å². The summed E-state index contributed by atoms with van der Waals surface area (Å²) in [6.45, 7) is 2.48. The Morgan fingerprint density at radius 1 is 1.31 bits per heavy atom. The minimum Gasteiger partial charge on any atom is -0.399 e. The Hall–Kier alpha value is -1.02. The van der Waals surface area contributed by atoms with E-state index >= 15 is 0 Å². The minimum absolute atomic E-state index is 0.855. The van der Waals surface area contributed by atoms with Crippen LogP contribution in [0.25, 0.3) is 0 Å². The number of benzene rings is 1. The van der Waals surface area contributed by atoms with E-state index in [1.807, 2.05) is 12.1 Å². The number of nitrogens with two attached hydrogens (primary N) is 1. The molecule has 0 aromatic heterocycles. The molecule has 1 aromatic rings. The average molecular weight is 176 g/mol. The predicted molar refractivity (Wildman–Crippen MR) is 55.5 cm³/mol. The first-order valence-corrected chi connectivity index (χ1v) is 4.77. The third-order valence-electron chi connectivity index (χ3n) is 2.64. The Morgan fingerprint density at radius 3 is 2.46 bits per heavy atom. The van der Waals surface area contributed by atoms with Gasteiger partial charge in [0.2, 0.25) is 0 Å². The van der Waals surface area contributed by atoms with E-state index in [-0.39, 0.29) is 0 Å². The van der Waals surface area contributed by atoms with Gasteiger partial charge in [0, 0.05) is 18.8 Å². The van der Waals surface area contributed by atoms with E-state index in [9.17, 15) is 0 Å². The summed E-state index contributed by atoms with van der Waals surface area (Å²) in [7, 11) is 2.17. The zero-order valence-corrected chi connectivity index (χ0v) is 8.03. The number of anilines is 1. The molecule has 0 unspecified atom stereocenters. The molecule has 0 atom stereocenters. The van der Waals surface area contributed by atoms with Crippen LogP contribution in [0.4, 0.5) is 5.69 Å². The summed E-state index contributed by atoms with van der Waals surface area (Å²) in [6, 6.07) is 8.23. The van der Waals surface area contributed by atoms with Gasteiger partial charge in [-0.15, -0.1) is 0 Å². The molecule has 0 saturated carbocycles. The van der Waals surface area contributed by atoms with Gasteiger partial charge in [0.15, 0.2) is 0 Å². The Kier molecular flexibility index (Phi) is 2.23. The van der Waals surface area contributed by atoms with Gasteiger partial charge in [-0.1, -0.05) is 12.1 Å². The Labute approximate surface area is 79.4 Å². The normalized spacial score (nSPS) is 18.5. The highest BCUT2D eigenvalue weighted by Crippen LogP contribution is 2.18. The van der Waals surface area contributed by atoms with Gasteiger partial charge in [-0.2, -0.15) is 0 Å². The summed E-state index contributed by atoms with van der Waals surface area (Å²) in [5.41, 5.74) is 7.88. The molecule has 2 N–H and O–H groups in total. The van der Waals surface area contributed by atoms with Gasteiger partial charge in [-0.05, 0) is 37.1 Å². The molecule has 2 heteroatoms. The monoisotopic (exact) mass is 176 g/mol. The molecule has 0 bridgehead atoms. The summed E-state index contributed by atoms with van der Waals surface area (Å²) < 4.78 is 0. The second-order valence-electron chi connectivity index (χ2n) is 4.03. The van der Waals surface area contributed by atoms with Crippen molar-refractivity contribution in [2.45, 2.75) is 6.42 Å². The first-order chi connectivity index (χ1) is 6.24. The number of hydrogen-bond donors (Lipinski definition) is 1. The fourth-order valence-corrected chi connectivity index (χ4v) is 1.94. The molecular formula is C11H16N2. The molecule has 2 nitrogen and oxygen atoms in total. The third-order valence-corrected chi connectivity index (χ3v) is 2.64. The molecule has 70 valence electrons. The second-order valence-corrected chi connectivity index (χ2v) is 4.03. The molecule has 1 aliphatic heterocycles. The van der Waals surface area contributed by atoms with E-state index < -0.39 is 0 Å². The van der Waals surface area contributed by atoms with Crippen molar-refractivity contribution in [2.75, 3.05) is 25.9 Å². The van der Waals surface area contributed by atoms with Crippen LogP contribution in [0.1, 0.15) is 5.56 Å². The maximum absolute atomic E-state index is 5.62. The van der Waals surface area contributed by atoms with Crippen molar-refractivity contribution in [3.8, 4) is 0 Å². The van der Waals surface area contributed by atoms with Crippen LogP contribution in [-0.2, 0) is 6.42 Å². The van der Waals surface area contributed by atoms with Crippen molar-refractivity contribution in [3.05, 3.63) is 29.8 Å². The SMILES string of the molecule is CN1CC(Cc2ccc(N)cc2)C1. The number of hydrogen-bond acceptors (Lipinski definition) is 2. The highest BCUT2D eigenvalue weighted by atomic mass is 15.2. The lowest BCUT2D eigenvalue weighted by Crippen LogP contribution is -2.44. The van der Waals surface area contributed by atoms with Crippen LogP contribution in [0.5, 0.6) is 0 Å². The lowest BCUT2D eigenvalue weighted by atomic mass is 9.93. The van der Waals surface area contributed by atoms with Crippen molar-refractivity contribution in [1.29, 1.82) is 0 Å². The number of likely N-dealkylation sites (tertiary alicyclic amines) is 1. The zero-order valence-electron chi connectivity index (χ0n) is 8.03. The van der Waals surface area contributed by atoms with Crippen LogP contribution in [-0.4, -0.2) is 25.0 Å². The summed E-state index contributed by atoms with van der Waals surface area (Å²) in [6.07, 6.45) is 1.20. The third kappa shape index (κ3) is 2.01. The van der Waals surface area contributed by atoms with Gasteiger partial charge in [0.1, 0.15) is 0 Å². The van der Waals surface area contributed by atoms with Crippen LogP contribution >= 0.6 is 0 Å². The number of nitrogen functional groups attached to an aromatic ring is 1. The van der Waals surface area contributed by atoms with E-state index in [0.29, 0.717) is 0 Å². The molecule has 0 radical (unpaired) electrons. The molecule has 0 aliphatic carbocycles. The van der Waals surface area contributed by atoms with Crippen molar-refractivity contribution >= 4 is 5.69 Å². The maximum atomic E-state index is 5.62. The van der Waals surface area contributed by atoms with Gasteiger partial charge in [-0.3, -0.25) is 0 Å². The Morgan fingerprint density at radius 2 is 1.92 bits per heavy atom. The molecule has 13 heavy (non-hydrogen) atoms. The van der Waals surface area contributed by atoms with Crippen molar-refractivity contribution < 1.29 is 0 Å². The van der Waals surface area contributed by atoms with Crippen molar-refractivity contribution in [2.24, 2.45) is 5.92 Å². The first kappa shape index (κ1) is 8.57. The molecule has 0 amide bonds. The van der Waals surface area contributed by atoms with Crippen molar-refractivity contribution in [3.63, 3.8) is 0 Å². The van der Waals surface area contributed by atoms with Crippen LogP contribution in [0.15, 0.2) is 24.3 Å². The van der Waals surface area contributed by atoms with E-state index in [1.54, 1.807) is 0 Å². The molecule has 1 aliphatic rings. The maximum Gasteiger partial charge on any atom is 0.0314 e. The molecular weight excluding hydrogens is 160 g/mol. The van der Waals surface area contributed by atoms with E-state index in [2.05, 4.69) is 24.1 Å². The first-order valence-electron chi connectivity index (χ1n) is 4.77. The van der Waals surface area contributed by atoms with Gasteiger partial charge in [-0.25, -0.2) is 0 Å². The highest BCUT2D eigenvalue weighted by molar-refractivity contribution is 5.39. The summed E-state index contributed by atoms with van der Waals surface area (Å²) in [5.74, 6) is 0.855. The highest BCUT2D eigenvalue weighted by Gasteiger charge is 2.22. The molecule has 1 aromatic carbocycles. The predicted octanol–water partition coefficient (Wildman–Crippen LogP) is 1.37. The van der Waals surface area contributed by atoms with Crippen LogP contribution < -0.4 is 5.73 Å². The van der Waals surface area contributed by atoms with Gasteiger partial charge >= 0.3 is 0 Å². The summed E-state index contributed by atoms with van der Waals surface area (Å²) in [4.78, 5) is 2.35. The standard InChI is InChI=1S/C11H16N2/c1-13-7-10(8-13)6-9-2-4-11(12)5-3-9/h2-5,10H,6-8,12H2,1H3. The van der Waals surface area contributed by atoms with E-state index in [4.69, 9.17) is 5.73 Å². The van der Waals surface area contributed by atoms with Crippen molar-refractivity contribution in [1.82, 2.24) is 4.90 Å². The fourth-order valence-electron chi connectivity index (χ4n) is 1.94. The van der Waals surface area contributed by atoms with Crippen LogP contribution in [0.3, 0.4) is 0 Å². The Balaban J connectivity index is 1.91. The van der Waals surface area contributed by atoms with Gasteiger partial charge in [0.25, 0.3) is 0 Å². The molecule has 1 saturated heterocycles. The van der Waals surface area contributed by atoms with Gasteiger partial charge in [0.05, 0.1) is 0 Å². The zero-order chi connectivity index (χ0) is 9.26. The lowest BCUT2D eigenvalue weighted by molar-refractivity contribution is 0.134. The quantitative estimate of drug-likeness (QED) is 0.690. The molecule has 1 heterocycles. The summed E-state index contributed by atoms with van der Waals surface area (Å²) in [5, 5.41) is 0. The fraction of sp³-hybridized carbons (Fsp3) is 0.455. The smallest absolute Gasteiger partial charge is 0.0314 e. The van der Waals surface area contributed by atoms with Crippen LogP contribution in [0.2, 0.25) is 0 Å². The van der Waals surface area contributed by atoms with E-state index in [1.165, 1.54) is 25.1 Å². The Bertz CT molecular complexity index is 273.